The molecule has 7 nitrogen and oxygen atoms in total. The fraction of sp³-hybridized carbons (Fsp3) is 0.222. The molecule has 0 atom stereocenters. The Hall–Kier alpha value is -3.22. The molecule has 0 saturated heterocycles. The first-order valence-electron chi connectivity index (χ1n) is 8.12. The molecule has 0 radical (unpaired) electrons. The lowest BCUT2D eigenvalue weighted by molar-refractivity contribution is 0.779. The Labute approximate surface area is 144 Å². The van der Waals surface area contributed by atoms with Gasteiger partial charge < -0.3 is 4.57 Å². The van der Waals surface area contributed by atoms with Crippen LogP contribution in [0.4, 0.5) is 0 Å². The topological polar surface area (TPSA) is 80.9 Å². The van der Waals surface area contributed by atoms with Crippen LogP contribution in [0.1, 0.15) is 31.0 Å². The van der Waals surface area contributed by atoms with Crippen molar-refractivity contribution in [3.63, 3.8) is 0 Å². The van der Waals surface area contributed by atoms with Crippen molar-refractivity contribution >= 4 is 5.65 Å². The van der Waals surface area contributed by atoms with E-state index < -0.39 is 0 Å². The van der Waals surface area contributed by atoms with E-state index in [9.17, 15) is 4.79 Å². The van der Waals surface area contributed by atoms with Crippen molar-refractivity contribution < 1.29 is 0 Å². The molecule has 4 aromatic heterocycles. The molecule has 0 spiro atoms. The van der Waals surface area contributed by atoms with E-state index in [0.29, 0.717) is 5.65 Å². The first-order chi connectivity index (χ1) is 12.1. The number of aromatic nitrogens is 6. The third kappa shape index (κ3) is 2.44. The monoisotopic (exact) mass is 334 g/mol. The zero-order chi connectivity index (χ0) is 17.6. The van der Waals surface area contributed by atoms with Crippen molar-refractivity contribution in [3.8, 4) is 17.1 Å². The Morgan fingerprint density at radius 2 is 2.00 bits per heavy atom. The number of nitrogens with one attached hydrogen (secondary N) is 1. The van der Waals surface area contributed by atoms with Gasteiger partial charge in [-0.05, 0) is 25.0 Å². The van der Waals surface area contributed by atoms with E-state index in [4.69, 9.17) is 0 Å². The second kappa shape index (κ2) is 5.70. The van der Waals surface area contributed by atoms with Crippen molar-refractivity contribution in [2.75, 3.05) is 0 Å². The minimum Gasteiger partial charge on any atom is -0.301 e. The van der Waals surface area contributed by atoms with Crippen LogP contribution in [0, 0.1) is 6.92 Å². The van der Waals surface area contributed by atoms with Crippen molar-refractivity contribution in [1.29, 1.82) is 0 Å². The highest BCUT2D eigenvalue weighted by Gasteiger charge is 2.17. The third-order valence-corrected chi connectivity index (χ3v) is 4.23. The van der Waals surface area contributed by atoms with Crippen LogP contribution in [0.2, 0.25) is 0 Å². The van der Waals surface area contributed by atoms with E-state index >= 15 is 0 Å². The summed E-state index contributed by atoms with van der Waals surface area (Å²) in [7, 11) is 0. The molecular formula is C18H18N6O. The SMILES string of the molecule is Cc1nc2c(-n3cnc(-c4ccccn4)c3)c[nH]n2c(=O)c1C(C)C. The molecule has 4 aromatic rings. The number of H-pyrrole nitrogens is 1. The second-order valence-corrected chi connectivity index (χ2v) is 6.27. The Morgan fingerprint density at radius 3 is 2.72 bits per heavy atom. The van der Waals surface area contributed by atoms with Crippen molar-refractivity contribution in [2.45, 2.75) is 26.7 Å². The van der Waals surface area contributed by atoms with Gasteiger partial charge in [0.2, 0.25) is 0 Å². The normalized spacial score (nSPS) is 11.5. The van der Waals surface area contributed by atoms with Gasteiger partial charge in [0.15, 0.2) is 5.65 Å². The van der Waals surface area contributed by atoms with Crippen LogP contribution < -0.4 is 5.56 Å². The summed E-state index contributed by atoms with van der Waals surface area (Å²) in [5, 5.41) is 3.00. The molecule has 0 saturated carbocycles. The maximum absolute atomic E-state index is 12.7. The fourth-order valence-corrected chi connectivity index (χ4v) is 3.08. The van der Waals surface area contributed by atoms with Gasteiger partial charge in [0.25, 0.3) is 5.56 Å². The molecule has 0 aromatic carbocycles. The summed E-state index contributed by atoms with van der Waals surface area (Å²) in [6.07, 6.45) is 7.07. The first-order valence-corrected chi connectivity index (χ1v) is 8.12. The fourth-order valence-electron chi connectivity index (χ4n) is 3.08. The van der Waals surface area contributed by atoms with Gasteiger partial charge in [-0.1, -0.05) is 19.9 Å². The maximum Gasteiger partial charge on any atom is 0.276 e. The van der Waals surface area contributed by atoms with Gasteiger partial charge in [0.05, 0.1) is 5.69 Å². The summed E-state index contributed by atoms with van der Waals surface area (Å²) in [6.45, 7) is 5.87. The molecular weight excluding hydrogens is 316 g/mol. The van der Waals surface area contributed by atoms with Gasteiger partial charge in [-0.25, -0.2) is 9.97 Å². The maximum atomic E-state index is 12.7. The van der Waals surface area contributed by atoms with E-state index in [-0.39, 0.29) is 11.5 Å². The van der Waals surface area contributed by atoms with Crippen LogP contribution >= 0.6 is 0 Å². The number of imidazole rings is 1. The second-order valence-electron chi connectivity index (χ2n) is 6.27. The van der Waals surface area contributed by atoms with Crippen molar-refractivity contribution in [1.82, 2.24) is 29.1 Å². The number of hydrogen-bond donors (Lipinski definition) is 1. The number of hydrogen-bond acceptors (Lipinski definition) is 4. The number of fused-ring (bicyclic) bond motifs is 1. The lowest BCUT2D eigenvalue weighted by atomic mass is 10.0. The van der Waals surface area contributed by atoms with Crippen LogP contribution in [0.3, 0.4) is 0 Å². The molecule has 0 unspecified atom stereocenters. The lowest BCUT2D eigenvalue weighted by Gasteiger charge is -2.08. The molecule has 0 bridgehead atoms. The minimum absolute atomic E-state index is 0.0613. The van der Waals surface area contributed by atoms with E-state index in [1.165, 1.54) is 4.52 Å². The standard InChI is InChI=1S/C18H18N6O/c1-11(2)16-12(3)22-17-15(8-21-24(17)18(16)25)23-9-14(20-10-23)13-6-4-5-7-19-13/h4-11,21H,1-3H3. The van der Waals surface area contributed by atoms with Crippen LogP contribution in [0.25, 0.3) is 22.7 Å². The molecule has 126 valence electrons. The Morgan fingerprint density at radius 1 is 1.16 bits per heavy atom. The van der Waals surface area contributed by atoms with Crippen LogP contribution in [-0.2, 0) is 0 Å². The summed E-state index contributed by atoms with van der Waals surface area (Å²) in [6, 6.07) is 5.69. The summed E-state index contributed by atoms with van der Waals surface area (Å²) in [5.41, 5.74) is 4.33. The summed E-state index contributed by atoms with van der Waals surface area (Å²) in [4.78, 5) is 26.1. The zero-order valence-corrected chi connectivity index (χ0v) is 14.3. The van der Waals surface area contributed by atoms with Crippen molar-refractivity contribution in [3.05, 3.63) is 64.7 Å². The highest BCUT2D eigenvalue weighted by molar-refractivity contribution is 5.61. The van der Waals surface area contributed by atoms with Gasteiger partial charge in [-0.2, -0.15) is 4.52 Å². The number of aryl methyl sites for hydroxylation is 1. The molecule has 0 amide bonds. The average Bonchev–Trinajstić information content (AvgIpc) is 3.22. The molecule has 7 heteroatoms. The molecule has 0 aliphatic rings. The molecule has 4 rings (SSSR count). The number of aromatic amines is 1. The average molecular weight is 334 g/mol. The van der Waals surface area contributed by atoms with Gasteiger partial charge in [-0.3, -0.25) is 14.9 Å². The smallest absolute Gasteiger partial charge is 0.276 e. The molecule has 1 N–H and O–H groups in total. The highest BCUT2D eigenvalue weighted by atomic mass is 16.1. The first kappa shape index (κ1) is 15.3. The van der Waals surface area contributed by atoms with E-state index in [1.807, 2.05) is 49.7 Å². The third-order valence-electron chi connectivity index (χ3n) is 4.23. The molecule has 4 heterocycles. The Bertz CT molecular complexity index is 1100. The summed E-state index contributed by atoms with van der Waals surface area (Å²) < 4.78 is 3.33. The molecule has 0 aliphatic heterocycles. The summed E-state index contributed by atoms with van der Waals surface area (Å²) >= 11 is 0. The number of nitrogens with zero attached hydrogens (tertiary/aromatic N) is 5. The predicted molar refractivity (Wildman–Crippen MR) is 95.0 cm³/mol. The Balaban J connectivity index is 1.86. The predicted octanol–water partition coefficient (Wildman–Crippen LogP) is 2.70. The largest absolute Gasteiger partial charge is 0.301 e. The van der Waals surface area contributed by atoms with Gasteiger partial charge >= 0.3 is 0 Å². The summed E-state index contributed by atoms with van der Waals surface area (Å²) in [5.74, 6) is 0.118. The van der Waals surface area contributed by atoms with E-state index in [0.717, 1.165) is 28.3 Å². The van der Waals surface area contributed by atoms with Gasteiger partial charge in [0.1, 0.15) is 17.7 Å². The number of pyridine rings is 1. The molecule has 0 fully saturated rings. The highest BCUT2D eigenvalue weighted by Crippen LogP contribution is 2.20. The van der Waals surface area contributed by atoms with E-state index in [2.05, 4.69) is 20.1 Å². The van der Waals surface area contributed by atoms with Gasteiger partial charge in [-0.15, -0.1) is 0 Å². The van der Waals surface area contributed by atoms with E-state index in [1.54, 1.807) is 18.7 Å². The lowest BCUT2D eigenvalue weighted by Crippen LogP contribution is -2.22. The quantitative estimate of drug-likeness (QED) is 0.624. The van der Waals surface area contributed by atoms with Gasteiger partial charge in [0, 0.05) is 29.8 Å². The van der Waals surface area contributed by atoms with Crippen molar-refractivity contribution in [2.24, 2.45) is 0 Å². The minimum atomic E-state index is -0.0613. The van der Waals surface area contributed by atoms with Crippen LogP contribution in [-0.4, -0.2) is 29.1 Å². The zero-order valence-electron chi connectivity index (χ0n) is 14.3. The van der Waals surface area contributed by atoms with Crippen LogP contribution in [0.5, 0.6) is 0 Å². The molecule has 25 heavy (non-hydrogen) atoms. The molecule has 0 aliphatic carbocycles. The van der Waals surface area contributed by atoms with Crippen LogP contribution in [0.15, 0.2) is 47.9 Å². The Kier molecular flexibility index (Phi) is 3.49. The number of rotatable bonds is 3.